The predicted molar refractivity (Wildman–Crippen MR) is 97.7 cm³/mol. The van der Waals surface area contributed by atoms with Crippen molar-refractivity contribution in [2.75, 3.05) is 11.9 Å². The number of anilines is 1. The smallest absolute Gasteiger partial charge is 0.132 e. The van der Waals surface area contributed by atoms with Gasteiger partial charge in [-0.3, -0.25) is 9.98 Å². The van der Waals surface area contributed by atoms with Crippen LogP contribution in [0.2, 0.25) is 5.02 Å². The van der Waals surface area contributed by atoms with Gasteiger partial charge in [0.15, 0.2) is 0 Å². The van der Waals surface area contributed by atoms with E-state index in [9.17, 15) is 4.39 Å². The van der Waals surface area contributed by atoms with Crippen molar-refractivity contribution in [3.05, 3.63) is 64.4 Å². The lowest BCUT2D eigenvalue weighted by atomic mass is 10.00. The van der Waals surface area contributed by atoms with Crippen molar-refractivity contribution in [1.29, 1.82) is 0 Å². The van der Waals surface area contributed by atoms with Gasteiger partial charge in [-0.15, -0.1) is 6.42 Å². The highest BCUT2D eigenvalue weighted by molar-refractivity contribution is 6.32. The molecule has 1 aliphatic heterocycles. The molecule has 120 valence electrons. The van der Waals surface area contributed by atoms with Gasteiger partial charge in [-0.2, -0.15) is 0 Å². The third-order valence-electron chi connectivity index (χ3n) is 3.62. The number of benzene rings is 2. The molecule has 0 bridgehead atoms. The van der Waals surface area contributed by atoms with Crippen molar-refractivity contribution in [2.45, 2.75) is 13.0 Å². The Morgan fingerprint density at radius 2 is 2.08 bits per heavy atom. The van der Waals surface area contributed by atoms with Crippen LogP contribution in [0.1, 0.15) is 18.1 Å². The molecule has 0 spiro atoms. The van der Waals surface area contributed by atoms with Gasteiger partial charge in [0.1, 0.15) is 17.7 Å². The summed E-state index contributed by atoms with van der Waals surface area (Å²) < 4.78 is 14.3. The van der Waals surface area contributed by atoms with Crippen molar-refractivity contribution < 1.29 is 4.39 Å². The topological polar surface area (TPSA) is 36.8 Å². The number of nitrogens with zero attached hydrogens (tertiary/aromatic N) is 2. The third kappa shape index (κ3) is 3.32. The Bertz CT molecular complexity index is 880. The van der Waals surface area contributed by atoms with Gasteiger partial charge < -0.3 is 5.32 Å². The summed E-state index contributed by atoms with van der Waals surface area (Å²) in [6, 6.07) is 11.6. The van der Waals surface area contributed by atoms with Gasteiger partial charge in [-0.1, -0.05) is 29.7 Å². The molecule has 24 heavy (non-hydrogen) atoms. The number of aliphatic imine (C=N–C) groups is 2. The van der Waals surface area contributed by atoms with E-state index in [1.807, 2.05) is 13.0 Å². The molecule has 0 saturated heterocycles. The quantitative estimate of drug-likeness (QED) is 0.819. The van der Waals surface area contributed by atoms with Crippen LogP contribution in [0.4, 0.5) is 10.1 Å². The minimum absolute atomic E-state index is 0.270. The summed E-state index contributed by atoms with van der Waals surface area (Å²) in [6.07, 6.45) is 5.39. The minimum atomic E-state index is -0.334. The fourth-order valence-electron chi connectivity index (χ4n) is 2.48. The first kappa shape index (κ1) is 16.2. The number of rotatable bonds is 2. The van der Waals surface area contributed by atoms with Gasteiger partial charge in [0.25, 0.3) is 0 Å². The van der Waals surface area contributed by atoms with Gasteiger partial charge in [0.05, 0.1) is 12.3 Å². The monoisotopic (exact) mass is 339 g/mol. The van der Waals surface area contributed by atoms with Crippen LogP contribution in [0, 0.1) is 18.2 Å². The average Bonchev–Trinajstić information content (AvgIpc) is 2.74. The zero-order chi connectivity index (χ0) is 17.1. The fourth-order valence-corrected chi connectivity index (χ4v) is 2.66. The zero-order valence-corrected chi connectivity index (χ0v) is 13.8. The van der Waals surface area contributed by atoms with E-state index >= 15 is 0 Å². The van der Waals surface area contributed by atoms with Crippen molar-refractivity contribution in [1.82, 2.24) is 0 Å². The molecule has 1 atom stereocenters. The van der Waals surface area contributed by atoms with Crippen LogP contribution in [0.5, 0.6) is 0 Å². The molecule has 2 aromatic carbocycles. The number of terminal acetylenes is 1. The Labute approximate surface area is 145 Å². The van der Waals surface area contributed by atoms with Crippen molar-refractivity contribution >= 4 is 28.8 Å². The van der Waals surface area contributed by atoms with Crippen LogP contribution in [0.3, 0.4) is 0 Å². The Kier molecular flexibility index (Phi) is 4.64. The van der Waals surface area contributed by atoms with Gasteiger partial charge in [-0.25, -0.2) is 4.39 Å². The predicted octanol–water partition coefficient (Wildman–Crippen LogP) is 4.16. The second-order valence-electron chi connectivity index (χ2n) is 5.38. The highest BCUT2D eigenvalue weighted by atomic mass is 35.5. The Balaban J connectivity index is 2.16. The number of nitrogens with one attached hydrogen (secondary N) is 1. The lowest BCUT2D eigenvalue weighted by molar-refractivity contribution is 0.625. The summed E-state index contributed by atoms with van der Waals surface area (Å²) in [7, 11) is 0. The summed E-state index contributed by atoms with van der Waals surface area (Å²) >= 11 is 6.13. The SMILES string of the molecule is C#CC(C)N=C1CN=C(c2ccccc2F)c2cc(Cl)ccc2N1. The fraction of sp³-hybridized carbons (Fsp3) is 0.158. The number of halogens is 2. The summed E-state index contributed by atoms with van der Waals surface area (Å²) in [5.74, 6) is 2.86. The number of fused-ring (bicyclic) bond motifs is 1. The van der Waals surface area contributed by atoms with Crippen LogP contribution < -0.4 is 5.32 Å². The van der Waals surface area contributed by atoms with E-state index in [-0.39, 0.29) is 18.4 Å². The molecule has 3 nitrogen and oxygen atoms in total. The van der Waals surface area contributed by atoms with Gasteiger partial charge in [0.2, 0.25) is 0 Å². The first-order valence-corrected chi connectivity index (χ1v) is 7.85. The molecule has 1 heterocycles. The Morgan fingerprint density at radius 1 is 1.29 bits per heavy atom. The van der Waals surface area contributed by atoms with Crippen LogP contribution >= 0.6 is 11.6 Å². The maximum Gasteiger partial charge on any atom is 0.132 e. The van der Waals surface area contributed by atoms with Gasteiger partial charge in [0, 0.05) is 21.8 Å². The molecule has 0 saturated carbocycles. The molecule has 0 fully saturated rings. The molecule has 1 unspecified atom stereocenters. The Hall–Kier alpha value is -2.64. The minimum Gasteiger partial charge on any atom is -0.342 e. The molecule has 1 aliphatic rings. The van der Waals surface area contributed by atoms with E-state index in [2.05, 4.69) is 21.2 Å². The summed E-state index contributed by atoms with van der Waals surface area (Å²) in [5, 5.41) is 3.78. The number of benzodiazepines with no additional fused rings is 1. The van der Waals surface area contributed by atoms with Crippen molar-refractivity contribution in [2.24, 2.45) is 9.98 Å². The van der Waals surface area contributed by atoms with Crippen molar-refractivity contribution in [3.8, 4) is 12.3 Å². The van der Waals surface area contributed by atoms with E-state index in [4.69, 9.17) is 18.0 Å². The largest absolute Gasteiger partial charge is 0.342 e. The van der Waals surface area contributed by atoms with E-state index in [0.29, 0.717) is 22.1 Å². The molecule has 3 rings (SSSR count). The first-order valence-electron chi connectivity index (χ1n) is 7.47. The normalized spacial score (nSPS) is 16.4. The molecule has 0 aliphatic carbocycles. The molecule has 5 heteroatoms. The molecular formula is C19H15ClFN3. The number of hydrogen-bond donors (Lipinski definition) is 1. The molecular weight excluding hydrogens is 325 g/mol. The Morgan fingerprint density at radius 3 is 2.83 bits per heavy atom. The molecule has 0 aromatic heterocycles. The maximum atomic E-state index is 14.3. The van der Waals surface area contributed by atoms with Gasteiger partial charge >= 0.3 is 0 Å². The highest BCUT2D eigenvalue weighted by Gasteiger charge is 2.20. The lowest BCUT2D eigenvalue weighted by Gasteiger charge is -2.12. The molecule has 0 amide bonds. The summed E-state index contributed by atoms with van der Waals surface area (Å²) in [6.45, 7) is 2.10. The van der Waals surface area contributed by atoms with Gasteiger partial charge in [-0.05, 0) is 37.3 Å². The van der Waals surface area contributed by atoms with Crippen LogP contribution in [-0.4, -0.2) is 24.1 Å². The summed E-state index contributed by atoms with van der Waals surface area (Å²) in [4.78, 5) is 8.98. The molecule has 1 N–H and O–H groups in total. The first-order chi connectivity index (χ1) is 11.6. The van der Waals surface area contributed by atoms with E-state index in [0.717, 1.165) is 11.3 Å². The van der Waals surface area contributed by atoms with Crippen molar-refractivity contribution in [3.63, 3.8) is 0 Å². The average molecular weight is 340 g/mol. The van der Waals surface area contributed by atoms with Crippen LogP contribution in [-0.2, 0) is 0 Å². The van der Waals surface area contributed by atoms with E-state index < -0.39 is 0 Å². The van der Waals surface area contributed by atoms with Crippen LogP contribution in [0.15, 0.2) is 52.4 Å². The number of hydrogen-bond acceptors (Lipinski definition) is 2. The molecule has 2 aromatic rings. The van der Waals surface area contributed by atoms with E-state index in [1.54, 1.807) is 30.3 Å². The van der Waals surface area contributed by atoms with Crippen LogP contribution in [0.25, 0.3) is 0 Å². The second kappa shape index (κ2) is 6.86. The third-order valence-corrected chi connectivity index (χ3v) is 3.86. The summed E-state index contributed by atoms with van der Waals surface area (Å²) in [5.41, 5.74) is 2.46. The maximum absolute atomic E-state index is 14.3. The number of amidine groups is 1. The zero-order valence-electron chi connectivity index (χ0n) is 13.1. The highest BCUT2D eigenvalue weighted by Crippen LogP contribution is 2.27. The molecule has 0 radical (unpaired) electrons. The second-order valence-corrected chi connectivity index (χ2v) is 5.81. The lowest BCUT2D eigenvalue weighted by Crippen LogP contribution is -2.17. The standard InChI is InChI=1S/C19H15ClFN3/c1-3-12(2)23-18-11-22-19(14-6-4-5-7-16(14)21)15-10-13(20)8-9-17(15)24-18/h1,4-10,12H,11H2,2H3,(H,23,24). The van der Waals surface area contributed by atoms with E-state index in [1.165, 1.54) is 6.07 Å².